The van der Waals surface area contributed by atoms with Gasteiger partial charge in [0.2, 0.25) is 0 Å². The largest absolute Gasteiger partial charge is 0.507 e. The maximum absolute atomic E-state index is 13.2. The van der Waals surface area contributed by atoms with Crippen molar-refractivity contribution in [3.8, 4) is 5.75 Å². The molecule has 1 N–H and O–H groups in total. The molecule has 6 nitrogen and oxygen atoms in total. The van der Waals surface area contributed by atoms with Crippen LogP contribution in [0.5, 0.6) is 5.75 Å². The average molecular weight is 451 g/mol. The lowest BCUT2D eigenvalue weighted by molar-refractivity contribution is -0.139. The minimum Gasteiger partial charge on any atom is -0.507 e. The smallest absolute Gasteiger partial charge is 0.295 e. The summed E-state index contributed by atoms with van der Waals surface area (Å²) in [4.78, 5) is 29.8. The number of Topliss-reactive ketones (excluding diaryl/α,β-unsaturated/α-hetero) is 1. The van der Waals surface area contributed by atoms with Gasteiger partial charge in [0, 0.05) is 12.1 Å². The van der Waals surface area contributed by atoms with Gasteiger partial charge in [0.25, 0.3) is 11.7 Å². The normalized spacial score (nSPS) is 17.9. The zero-order valence-corrected chi connectivity index (χ0v) is 20.4. The van der Waals surface area contributed by atoms with Crippen LogP contribution in [0.2, 0.25) is 0 Å². The molecule has 1 aliphatic heterocycles. The Balaban J connectivity index is 2.08. The SMILES string of the molecule is Cc1ccc([C@H]2/C(=C(\O)c3ccc(OC(C)C)cc3C)C(=O)C(=O)N2CCCN(C)C)cc1. The van der Waals surface area contributed by atoms with Gasteiger partial charge in [-0.2, -0.15) is 0 Å². The summed E-state index contributed by atoms with van der Waals surface area (Å²) < 4.78 is 5.74. The predicted octanol–water partition coefficient (Wildman–Crippen LogP) is 4.46. The lowest BCUT2D eigenvalue weighted by Gasteiger charge is -2.26. The van der Waals surface area contributed by atoms with Crippen molar-refractivity contribution in [3.05, 3.63) is 70.3 Å². The lowest BCUT2D eigenvalue weighted by Crippen LogP contribution is -2.32. The van der Waals surface area contributed by atoms with Gasteiger partial charge in [-0.25, -0.2) is 0 Å². The molecule has 2 aromatic rings. The first kappa shape index (κ1) is 24.5. The highest BCUT2D eigenvalue weighted by molar-refractivity contribution is 6.46. The number of hydrogen-bond acceptors (Lipinski definition) is 5. The number of nitrogens with zero attached hydrogens (tertiary/aromatic N) is 2. The maximum atomic E-state index is 13.2. The summed E-state index contributed by atoms with van der Waals surface area (Å²) in [7, 11) is 3.95. The minimum absolute atomic E-state index is 0.0258. The van der Waals surface area contributed by atoms with Crippen LogP contribution in [-0.4, -0.2) is 59.9 Å². The Bertz CT molecular complexity index is 1050. The molecule has 33 heavy (non-hydrogen) atoms. The Morgan fingerprint density at radius 1 is 1.09 bits per heavy atom. The summed E-state index contributed by atoms with van der Waals surface area (Å²) >= 11 is 0. The molecule has 1 fully saturated rings. The molecule has 0 radical (unpaired) electrons. The molecule has 3 rings (SSSR count). The van der Waals surface area contributed by atoms with Crippen LogP contribution in [0, 0.1) is 13.8 Å². The highest BCUT2D eigenvalue weighted by atomic mass is 16.5. The number of benzene rings is 2. The number of likely N-dealkylation sites (tertiary alicyclic amines) is 1. The van der Waals surface area contributed by atoms with Gasteiger partial charge >= 0.3 is 0 Å². The van der Waals surface area contributed by atoms with Crippen LogP contribution >= 0.6 is 0 Å². The molecule has 2 aromatic carbocycles. The van der Waals surface area contributed by atoms with E-state index in [1.165, 1.54) is 0 Å². The highest BCUT2D eigenvalue weighted by Crippen LogP contribution is 2.40. The standard InChI is InChI=1S/C27H34N2O4/c1-17(2)33-21-12-13-22(19(4)16-21)25(30)23-24(20-10-8-18(3)9-11-20)29(27(32)26(23)31)15-7-14-28(5)6/h8-13,16-17,24,30H,7,14-15H2,1-6H3/b25-23+/t24-/m0/s1. The zero-order valence-electron chi connectivity index (χ0n) is 20.4. The number of aryl methyl sites for hydroxylation is 2. The lowest BCUT2D eigenvalue weighted by atomic mass is 9.93. The van der Waals surface area contributed by atoms with Crippen molar-refractivity contribution in [2.75, 3.05) is 27.2 Å². The molecule has 0 saturated carbocycles. The third-order valence-corrected chi connectivity index (χ3v) is 5.76. The fraction of sp³-hybridized carbons (Fsp3) is 0.407. The van der Waals surface area contributed by atoms with E-state index in [0.29, 0.717) is 17.9 Å². The van der Waals surface area contributed by atoms with Gasteiger partial charge in [0.1, 0.15) is 11.5 Å². The van der Waals surface area contributed by atoms with E-state index in [-0.39, 0.29) is 17.4 Å². The maximum Gasteiger partial charge on any atom is 0.295 e. The van der Waals surface area contributed by atoms with E-state index in [1.54, 1.807) is 17.0 Å². The first-order valence-corrected chi connectivity index (χ1v) is 11.4. The highest BCUT2D eigenvalue weighted by Gasteiger charge is 2.45. The molecule has 0 unspecified atom stereocenters. The monoisotopic (exact) mass is 450 g/mol. The number of ether oxygens (including phenoxy) is 1. The van der Waals surface area contributed by atoms with Crippen LogP contribution in [0.4, 0.5) is 0 Å². The third-order valence-electron chi connectivity index (χ3n) is 5.76. The number of hydrogen-bond donors (Lipinski definition) is 1. The van der Waals surface area contributed by atoms with E-state index < -0.39 is 17.7 Å². The van der Waals surface area contributed by atoms with E-state index in [1.807, 2.05) is 77.0 Å². The fourth-order valence-corrected chi connectivity index (χ4v) is 4.16. The van der Waals surface area contributed by atoms with Crippen LogP contribution in [0.15, 0.2) is 48.0 Å². The van der Waals surface area contributed by atoms with Crippen LogP contribution < -0.4 is 4.74 Å². The topological polar surface area (TPSA) is 70.1 Å². The van der Waals surface area contributed by atoms with Crippen LogP contribution in [0.3, 0.4) is 0 Å². The molecule has 176 valence electrons. The molecule has 1 atom stereocenters. The summed E-state index contributed by atoms with van der Waals surface area (Å²) in [6, 6.07) is 12.5. The second kappa shape index (κ2) is 10.2. The third kappa shape index (κ3) is 5.45. The number of aliphatic hydroxyl groups is 1. The Kier molecular flexibility index (Phi) is 7.59. The van der Waals surface area contributed by atoms with Gasteiger partial charge in [-0.3, -0.25) is 9.59 Å². The number of rotatable bonds is 8. The zero-order chi connectivity index (χ0) is 24.3. The summed E-state index contributed by atoms with van der Waals surface area (Å²) in [5.74, 6) is -0.677. The average Bonchev–Trinajstić information content (AvgIpc) is 2.98. The van der Waals surface area contributed by atoms with Gasteiger partial charge in [-0.05, 0) is 84.1 Å². The molecular formula is C27H34N2O4. The Hall–Kier alpha value is -3.12. The van der Waals surface area contributed by atoms with E-state index in [0.717, 1.165) is 29.7 Å². The van der Waals surface area contributed by atoms with Crippen molar-refractivity contribution in [2.24, 2.45) is 0 Å². The van der Waals surface area contributed by atoms with Crippen molar-refractivity contribution >= 4 is 17.4 Å². The molecule has 0 bridgehead atoms. The quantitative estimate of drug-likeness (QED) is 0.365. The van der Waals surface area contributed by atoms with Gasteiger partial charge in [-0.15, -0.1) is 0 Å². The molecule has 0 aliphatic carbocycles. The Morgan fingerprint density at radius 2 is 1.76 bits per heavy atom. The van der Waals surface area contributed by atoms with Crippen molar-refractivity contribution in [1.29, 1.82) is 0 Å². The van der Waals surface area contributed by atoms with E-state index in [9.17, 15) is 14.7 Å². The summed E-state index contributed by atoms with van der Waals surface area (Å²) in [6.45, 7) is 8.96. The number of aliphatic hydroxyl groups excluding tert-OH is 1. The van der Waals surface area contributed by atoms with Gasteiger partial charge in [0.15, 0.2) is 0 Å². The van der Waals surface area contributed by atoms with Gasteiger partial charge in [0.05, 0.1) is 17.7 Å². The van der Waals surface area contributed by atoms with Gasteiger partial charge < -0.3 is 19.6 Å². The van der Waals surface area contributed by atoms with E-state index in [2.05, 4.69) is 0 Å². The molecular weight excluding hydrogens is 416 g/mol. The van der Waals surface area contributed by atoms with Crippen LogP contribution in [0.1, 0.15) is 48.6 Å². The number of carbonyl (C=O) groups excluding carboxylic acids is 2. The summed E-state index contributed by atoms with van der Waals surface area (Å²) in [5.41, 5.74) is 3.32. The number of amides is 1. The fourth-order valence-electron chi connectivity index (χ4n) is 4.16. The van der Waals surface area contributed by atoms with Gasteiger partial charge in [-0.1, -0.05) is 29.8 Å². The molecule has 1 amide bonds. The van der Waals surface area contributed by atoms with E-state index in [4.69, 9.17) is 4.74 Å². The molecule has 0 aromatic heterocycles. The molecule has 1 heterocycles. The molecule has 6 heteroatoms. The second-order valence-corrected chi connectivity index (χ2v) is 9.20. The van der Waals surface area contributed by atoms with E-state index >= 15 is 0 Å². The Labute approximate surface area is 196 Å². The van der Waals surface area contributed by atoms with Crippen molar-refractivity contribution in [1.82, 2.24) is 9.80 Å². The molecule has 1 saturated heterocycles. The first-order valence-electron chi connectivity index (χ1n) is 11.4. The number of ketones is 1. The summed E-state index contributed by atoms with van der Waals surface area (Å²) in [5, 5.41) is 11.3. The van der Waals surface area contributed by atoms with Crippen molar-refractivity contribution in [2.45, 2.75) is 46.3 Å². The molecule has 0 spiro atoms. The van der Waals surface area contributed by atoms with Crippen LogP contribution in [0.25, 0.3) is 5.76 Å². The Morgan fingerprint density at radius 3 is 2.33 bits per heavy atom. The van der Waals surface area contributed by atoms with Crippen molar-refractivity contribution < 1.29 is 19.4 Å². The predicted molar refractivity (Wildman–Crippen MR) is 130 cm³/mol. The number of carbonyl (C=O) groups is 2. The second-order valence-electron chi connectivity index (χ2n) is 9.20. The van der Waals surface area contributed by atoms with Crippen molar-refractivity contribution in [3.63, 3.8) is 0 Å². The minimum atomic E-state index is -0.648. The summed E-state index contributed by atoms with van der Waals surface area (Å²) in [6.07, 6.45) is 0.751. The van der Waals surface area contributed by atoms with Crippen LogP contribution in [-0.2, 0) is 9.59 Å². The molecule has 1 aliphatic rings. The first-order chi connectivity index (χ1) is 15.6.